The number of carbonyl (C=O) groups excluding carboxylic acids is 1. The lowest BCUT2D eigenvalue weighted by molar-refractivity contribution is 0.102. The number of pyridine rings is 1. The maximum Gasteiger partial charge on any atom is 0.261 e. The average Bonchev–Trinajstić information content (AvgIpc) is 2.69. The first-order valence-electron chi connectivity index (χ1n) is 8.45. The Kier molecular flexibility index (Phi) is 4.41. The maximum absolute atomic E-state index is 12.5. The Bertz CT molecular complexity index is 1150. The van der Waals surface area contributed by atoms with E-state index in [0.717, 1.165) is 11.1 Å². The van der Waals surface area contributed by atoms with Crippen molar-refractivity contribution in [1.82, 2.24) is 4.98 Å². The second kappa shape index (κ2) is 7.17. The van der Waals surface area contributed by atoms with E-state index in [9.17, 15) is 9.59 Å². The summed E-state index contributed by atoms with van der Waals surface area (Å²) in [6.45, 7) is 0. The van der Waals surface area contributed by atoms with Crippen molar-refractivity contribution in [1.29, 1.82) is 0 Å². The summed E-state index contributed by atoms with van der Waals surface area (Å²) in [7, 11) is 0. The van der Waals surface area contributed by atoms with Crippen molar-refractivity contribution >= 4 is 22.5 Å². The smallest absolute Gasteiger partial charge is 0.261 e. The number of fused-ring (bicyclic) bond motifs is 1. The highest BCUT2D eigenvalue weighted by molar-refractivity contribution is 6.05. The average molecular weight is 356 g/mol. The van der Waals surface area contributed by atoms with Crippen LogP contribution in [0.5, 0.6) is 11.5 Å². The number of hydrogen-bond acceptors (Lipinski definition) is 3. The van der Waals surface area contributed by atoms with Crippen molar-refractivity contribution in [2.24, 2.45) is 0 Å². The molecule has 5 heteroatoms. The predicted molar refractivity (Wildman–Crippen MR) is 105 cm³/mol. The first-order chi connectivity index (χ1) is 13.2. The van der Waals surface area contributed by atoms with Crippen molar-refractivity contribution in [3.05, 3.63) is 101 Å². The summed E-state index contributed by atoms with van der Waals surface area (Å²) in [5, 5.41) is 3.54. The zero-order valence-electron chi connectivity index (χ0n) is 14.3. The van der Waals surface area contributed by atoms with Crippen LogP contribution in [0, 0.1) is 0 Å². The molecule has 2 N–H and O–H groups in total. The predicted octanol–water partition coefficient (Wildman–Crippen LogP) is 4.57. The van der Waals surface area contributed by atoms with Gasteiger partial charge in [-0.25, -0.2) is 0 Å². The van der Waals surface area contributed by atoms with Gasteiger partial charge in [0.1, 0.15) is 17.1 Å². The molecule has 5 nitrogen and oxygen atoms in total. The highest BCUT2D eigenvalue weighted by atomic mass is 16.5. The quantitative estimate of drug-likeness (QED) is 0.562. The first kappa shape index (κ1) is 16.6. The lowest BCUT2D eigenvalue weighted by Crippen LogP contribution is -2.22. The van der Waals surface area contributed by atoms with E-state index in [1.54, 1.807) is 36.4 Å². The topological polar surface area (TPSA) is 71.2 Å². The monoisotopic (exact) mass is 356 g/mol. The van der Waals surface area contributed by atoms with E-state index in [4.69, 9.17) is 4.74 Å². The second-order valence-corrected chi connectivity index (χ2v) is 5.99. The van der Waals surface area contributed by atoms with Gasteiger partial charge in [0, 0.05) is 11.2 Å². The highest BCUT2D eigenvalue weighted by Gasteiger charge is 2.12. The maximum atomic E-state index is 12.5. The molecule has 0 atom stereocenters. The molecule has 3 aromatic carbocycles. The van der Waals surface area contributed by atoms with Crippen molar-refractivity contribution in [3.8, 4) is 11.5 Å². The van der Waals surface area contributed by atoms with Crippen LogP contribution >= 0.6 is 0 Å². The van der Waals surface area contributed by atoms with Crippen LogP contribution < -0.4 is 15.6 Å². The van der Waals surface area contributed by atoms with Crippen molar-refractivity contribution < 1.29 is 9.53 Å². The number of hydrogen-bond donors (Lipinski definition) is 2. The van der Waals surface area contributed by atoms with E-state index >= 15 is 0 Å². The fourth-order valence-electron chi connectivity index (χ4n) is 2.75. The van der Waals surface area contributed by atoms with Crippen molar-refractivity contribution in [2.75, 3.05) is 5.32 Å². The largest absolute Gasteiger partial charge is 0.457 e. The number of anilines is 1. The van der Waals surface area contributed by atoms with Crippen LogP contribution in [0.4, 0.5) is 5.69 Å². The molecule has 0 fully saturated rings. The van der Waals surface area contributed by atoms with Crippen LogP contribution in [0.1, 0.15) is 10.4 Å². The van der Waals surface area contributed by atoms with Gasteiger partial charge in [-0.05, 0) is 53.9 Å². The summed E-state index contributed by atoms with van der Waals surface area (Å²) < 4.78 is 5.72. The third-order valence-electron chi connectivity index (χ3n) is 4.09. The molecule has 4 aromatic rings. The molecule has 27 heavy (non-hydrogen) atoms. The Balaban J connectivity index is 1.51. The number of para-hydroxylation sites is 2. The van der Waals surface area contributed by atoms with Crippen LogP contribution in [-0.2, 0) is 0 Å². The normalized spacial score (nSPS) is 10.5. The number of carbonyl (C=O) groups is 1. The molecule has 1 heterocycles. The summed E-state index contributed by atoms with van der Waals surface area (Å²) in [5.74, 6) is 0.929. The number of H-pyrrole nitrogens is 1. The summed E-state index contributed by atoms with van der Waals surface area (Å²) >= 11 is 0. The Morgan fingerprint density at radius 2 is 1.48 bits per heavy atom. The summed E-state index contributed by atoms with van der Waals surface area (Å²) in [6, 6.07) is 25.3. The zero-order valence-corrected chi connectivity index (χ0v) is 14.3. The van der Waals surface area contributed by atoms with Gasteiger partial charge in [-0.1, -0.05) is 36.4 Å². The van der Waals surface area contributed by atoms with Crippen molar-refractivity contribution in [2.45, 2.75) is 0 Å². The SMILES string of the molecule is O=C(Nc1ccc(Oc2ccccc2)cc1)c1cc2ccccc2[nH]c1=O. The molecule has 0 bridgehead atoms. The molecule has 0 spiro atoms. The van der Waals surface area contributed by atoms with Gasteiger partial charge in [-0.2, -0.15) is 0 Å². The Morgan fingerprint density at radius 1 is 0.815 bits per heavy atom. The summed E-state index contributed by atoms with van der Waals surface area (Å²) in [5.41, 5.74) is 0.919. The summed E-state index contributed by atoms with van der Waals surface area (Å²) in [4.78, 5) is 27.4. The molecule has 4 rings (SSSR count). The van der Waals surface area contributed by atoms with Crippen molar-refractivity contribution in [3.63, 3.8) is 0 Å². The molecule has 0 radical (unpaired) electrons. The van der Waals surface area contributed by atoms with Gasteiger partial charge >= 0.3 is 0 Å². The number of nitrogens with one attached hydrogen (secondary N) is 2. The third kappa shape index (κ3) is 3.72. The minimum Gasteiger partial charge on any atom is -0.457 e. The lowest BCUT2D eigenvalue weighted by atomic mass is 10.1. The van der Waals surface area contributed by atoms with Gasteiger partial charge in [0.2, 0.25) is 0 Å². The van der Waals surface area contributed by atoms with E-state index in [1.165, 1.54) is 0 Å². The standard InChI is InChI=1S/C22H16N2O3/c25-21(19-14-15-6-4-5-9-20(15)24-22(19)26)23-16-10-12-18(13-11-16)27-17-7-2-1-3-8-17/h1-14H,(H,23,25)(H,24,26). The molecule has 1 amide bonds. The van der Waals surface area contributed by atoms with Gasteiger partial charge < -0.3 is 15.0 Å². The van der Waals surface area contributed by atoms with Crippen LogP contribution in [0.3, 0.4) is 0 Å². The molecule has 132 valence electrons. The minimum atomic E-state index is -0.460. The number of aromatic amines is 1. The van der Waals surface area contributed by atoms with Crippen LogP contribution in [0.25, 0.3) is 10.9 Å². The summed E-state index contributed by atoms with van der Waals surface area (Å²) in [6.07, 6.45) is 0. The Morgan fingerprint density at radius 3 is 2.26 bits per heavy atom. The van der Waals surface area contributed by atoms with Gasteiger partial charge in [0.25, 0.3) is 11.5 Å². The molecule has 1 aromatic heterocycles. The van der Waals surface area contributed by atoms with Crippen LogP contribution in [0.15, 0.2) is 89.7 Å². The highest BCUT2D eigenvalue weighted by Crippen LogP contribution is 2.22. The van der Waals surface area contributed by atoms with E-state index in [-0.39, 0.29) is 5.56 Å². The van der Waals surface area contributed by atoms with Gasteiger partial charge in [0.15, 0.2) is 0 Å². The first-order valence-corrected chi connectivity index (χ1v) is 8.45. The fourth-order valence-corrected chi connectivity index (χ4v) is 2.75. The molecule has 0 saturated heterocycles. The van der Waals surface area contributed by atoms with Gasteiger partial charge in [0.05, 0.1) is 0 Å². The number of amides is 1. The van der Waals surface area contributed by atoms with Gasteiger partial charge in [-0.15, -0.1) is 0 Å². The third-order valence-corrected chi connectivity index (χ3v) is 4.09. The molecule has 0 unspecified atom stereocenters. The van der Waals surface area contributed by atoms with Crippen LogP contribution in [-0.4, -0.2) is 10.9 Å². The number of aromatic nitrogens is 1. The number of benzene rings is 3. The molecule has 0 aliphatic rings. The lowest BCUT2D eigenvalue weighted by Gasteiger charge is -2.08. The molecule has 0 aliphatic heterocycles. The zero-order chi connectivity index (χ0) is 18.6. The van der Waals surface area contributed by atoms with E-state index in [0.29, 0.717) is 17.0 Å². The molecule has 0 aliphatic carbocycles. The fraction of sp³-hybridized carbons (Fsp3) is 0. The van der Waals surface area contributed by atoms with E-state index < -0.39 is 11.5 Å². The Hall–Kier alpha value is -3.86. The molecule has 0 saturated carbocycles. The second-order valence-electron chi connectivity index (χ2n) is 5.99. The molecular weight excluding hydrogens is 340 g/mol. The molecular formula is C22H16N2O3. The van der Waals surface area contributed by atoms with Crippen LogP contribution in [0.2, 0.25) is 0 Å². The number of ether oxygens (including phenoxy) is 1. The minimum absolute atomic E-state index is 0.0679. The number of rotatable bonds is 4. The van der Waals surface area contributed by atoms with E-state index in [1.807, 2.05) is 48.5 Å². The van der Waals surface area contributed by atoms with Gasteiger partial charge in [-0.3, -0.25) is 9.59 Å². The Labute approximate surface area is 155 Å². The van der Waals surface area contributed by atoms with E-state index in [2.05, 4.69) is 10.3 Å².